The van der Waals surface area contributed by atoms with Crippen LogP contribution < -0.4 is 5.32 Å². The Morgan fingerprint density at radius 3 is 2.79 bits per heavy atom. The molecule has 0 heterocycles. The molecule has 0 saturated carbocycles. The number of alkyl halides is 1. The van der Waals surface area contributed by atoms with E-state index in [-0.39, 0.29) is 11.3 Å². The topological polar surface area (TPSA) is 81.5 Å². The first-order valence-corrected chi connectivity index (χ1v) is 6.35. The highest BCUT2D eigenvalue weighted by Gasteiger charge is 2.18. The highest BCUT2D eigenvalue weighted by Crippen LogP contribution is 2.17. The molecule has 1 aromatic rings. The summed E-state index contributed by atoms with van der Waals surface area (Å²) >= 11 is 5.43. The summed E-state index contributed by atoms with van der Waals surface area (Å²) in [6.07, 6.45) is 0.628. The second-order valence-electron chi connectivity index (χ2n) is 3.69. The zero-order chi connectivity index (χ0) is 14.1. The van der Waals surface area contributed by atoms with Gasteiger partial charge in [-0.1, -0.05) is 12.1 Å². The summed E-state index contributed by atoms with van der Waals surface area (Å²) in [5.74, 6) is -0.0209. The van der Waals surface area contributed by atoms with Gasteiger partial charge in [0, 0.05) is 25.1 Å². The summed E-state index contributed by atoms with van der Waals surface area (Å²) in [6.45, 7) is 1.36. The number of halogens is 1. The largest absolute Gasteiger partial charge is 0.380 e. The third kappa shape index (κ3) is 5.23. The molecule has 0 aliphatic carbocycles. The number of carbonyl (C=O) groups excluding carboxylic acids is 1. The SMILES string of the molecule is O=C(NCCCOCCCl)c1ccccc1[N+](=O)[O-]. The number of nitro groups is 1. The fraction of sp³-hybridized carbons (Fsp3) is 0.417. The average molecular weight is 287 g/mol. The van der Waals surface area contributed by atoms with Gasteiger partial charge in [-0.2, -0.15) is 0 Å². The summed E-state index contributed by atoms with van der Waals surface area (Å²) < 4.78 is 5.14. The first-order valence-electron chi connectivity index (χ1n) is 5.82. The lowest BCUT2D eigenvalue weighted by Gasteiger charge is -2.06. The van der Waals surface area contributed by atoms with Crippen molar-refractivity contribution in [1.82, 2.24) is 5.32 Å². The van der Waals surface area contributed by atoms with Crippen molar-refractivity contribution >= 4 is 23.2 Å². The Labute approximate surface area is 115 Å². The Morgan fingerprint density at radius 1 is 1.37 bits per heavy atom. The Hall–Kier alpha value is -1.66. The van der Waals surface area contributed by atoms with Gasteiger partial charge in [-0.15, -0.1) is 11.6 Å². The van der Waals surface area contributed by atoms with Gasteiger partial charge in [-0.3, -0.25) is 14.9 Å². The molecule has 1 aromatic carbocycles. The van der Waals surface area contributed by atoms with Crippen LogP contribution in [-0.2, 0) is 4.74 Å². The van der Waals surface area contributed by atoms with Crippen molar-refractivity contribution in [2.45, 2.75) is 6.42 Å². The van der Waals surface area contributed by atoms with Gasteiger partial charge < -0.3 is 10.1 Å². The Kier molecular flexibility index (Phi) is 6.84. The van der Waals surface area contributed by atoms with E-state index < -0.39 is 10.8 Å². The van der Waals surface area contributed by atoms with Crippen LogP contribution in [0, 0.1) is 10.1 Å². The lowest BCUT2D eigenvalue weighted by Crippen LogP contribution is -2.26. The van der Waals surface area contributed by atoms with Crippen LogP contribution in [-0.4, -0.2) is 36.5 Å². The Bertz CT molecular complexity index is 439. The van der Waals surface area contributed by atoms with E-state index in [1.165, 1.54) is 18.2 Å². The van der Waals surface area contributed by atoms with Gasteiger partial charge in [0.15, 0.2) is 0 Å². The van der Waals surface area contributed by atoms with E-state index in [0.717, 1.165) is 0 Å². The molecule has 0 fully saturated rings. The van der Waals surface area contributed by atoms with Crippen molar-refractivity contribution in [3.8, 4) is 0 Å². The highest BCUT2D eigenvalue weighted by molar-refractivity contribution is 6.17. The number of carbonyl (C=O) groups is 1. The maximum absolute atomic E-state index is 11.8. The van der Waals surface area contributed by atoms with Gasteiger partial charge in [0.05, 0.1) is 11.5 Å². The quantitative estimate of drug-likeness (QED) is 0.343. The molecule has 0 saturated heterocycles. The van der Waals surface area contributed by atoms with E-state index in [9.17, 15) is 14.9 Å². The third-order valence-corrected chi connectivity index (χ3v) is 2.47. The van der Waals surface area contributed by atoms with E-state index in [1.807, 2.05) is 0 Å². The predicted molar refractivity (Wildman–Crippen MR) is 71.6 cm³/mol. The molecule has 0 bridgehead atoms. The molecule has 1 N–H and O–H groups in total. The van der Waals surface area contributed by atoms with Gasteiger partial charge in [0.1, 0.15) is 5.56 Å². The van der Waals surface area contributed by atoms with Crippen LogP contribution in [0.2, 0.25) is 0 Å². The zero-order valence-electron chi connectivity index (χ0n) is 10.3. The van der Waals surface area contributed by atoms with Crippen molar-refractivity contribution in [1.29, 1.82) is 0 Å². The summed E-state index contributed by atoms with van der Waals surface area (Å²) in [6, 6.07) is 5.84. The smallest absolute Gasteiger partial charge is 0.282 e. The van der Waals surface area contributed by atoms with Crippen LogP contribution in [0.4, 0.5) is 5.69 Å². The number of benzene rings is 1. The minimum Gasteiger partial charge on any atom is -0.380 e. The summed E-state index contributed by atoms with van der Waals surface area (Å²) in [5, 5.41) is 13.4. The van der Waals surface area contributed by atoms with Crippen LogP contribution in [0.5, 0.6) is 0 Å². The van der Waals surface area contributed by atoms with Crippen molar-refractivity contribution in [2.75, 3.05) is 25.6 Å². The van der Waals surface area contributed by atoms with Crippen LogP contribution in [0.25, 0.3) is 0 Å². The normalized spacial score (nSPS) is 10.2. The molecule has 0 radical (unpaired) electrons. The molecular formula is C12H15ClN2O4. The van der Waals surface area contributed by atoms with E-state index in [1.54, 1.807) is 6.07 Å². The number of nitro benzene ring substituents is 1. The fourth-order valence-electron chi connectivity index (χ4n) is 1.45. The van der Waals surface area contributed by atoms with Gasteiger partial charge in [-0.05, 0) is 12.5 Å². The van der Waals surface area contributed by atoms with E-state index in [2.05, 4.69) is 5.32 Å². The number of hydrogen-bond donors (Lipinski definition) is 1. The van der Waals surface area contributed by atoms with Crippen molar-refractivity contribution in [3.05, 3.63) is 39.9 Å². The first kappa shape index (κ1) is 15.4. The predicted octanol–water partition coefficient (Wildman–Crippen LogP) is 1.97. The molecule has 6 nitrogen and oxygen atoms in total. The molecule has 0 atom stereocenters. The molecule has 0 aromatic heterocycles. The molecule has 104 valence electrons. The lowest BCUT2D eigenvalue weighted by atomic mass is 10.1. The molecule has 0 unspecified atom stereocenters. The molecular weight excluding hydrogens is 272 g/mol. The minimum atomic E-state index is -0.571. The van der Waals surface area contributed by atoms with Crippen LogP contribution >= 0.6 is 11.6 Å². The number of nitrogens with zero attached hydrogens (tertiary/aromatic N) is 1. The third-order valence-electron chi connectivity index (χ3n) is 2.32. The number of nitrogens with one attached hydrogen (secondary N) is 1. The van der Waals surface area contributed by atoms with Gasteiger partial charge >= 0.3 is 0 Å². The molecule has 0 spiro atoms. The summed E-state index contributed by atoms with van der Waals surface area (Å²) in [7, 11) is 0. The highest BCUT2D eigenvalue weighted by atomic mass is 35.5. The second kappa shape index (κ2) is 8.44. The minimum absolute atomic E-state index is 0.0641. The van der Waals surface area contributed by atoms with Crippen LogP contribution in [0.15, 0.2) is 24.3 Å². The molecule has 1 rings (SSSR count). The molecule has 1 amide bonds. The number of amides is 1. The molecule has 19 heavy (non-hydrogen) atoms. The van der Waals surface area contributed by atoms with E-state index >= 15 is 0 Å². The lowest BCUT2D eigenvalue weighted by molar-refractivity contribution is -0.385. The number of ether oxygens (including phenoxy) is 1. The maximum Gasteiger partial charge on any atom is 0.282 e. The molecule has 0 aliphatic heterocycles. The van der Waals surface area contributed by atoms with Gasteiger partial charge in [-0.25, -0.2) is 0 Å². The zero-order valence-corrected chi connectivity index (χ0v) is 11.1. The number of rotatable bonds is 8. The Balaban J connectivity index is 2.43. The molecule has 7 heteroatoms. The van der Waals surface area contributed by atoms with E-state index in [0.29, 0.717) is 32.1 Å². The van der Waals surface area contributed by atoms with Gasteiger partial charge in [0.25, 0.3) is 11.6 Å². The van der Waals surface area contributed by atoms with Crippen LogP contribution in [0.3, 0.4) is 0 Å². The first-order chi connectivity index (χ1) is 9.16. The number of hydrogen-bond acceptors (Lipinski definition) is 4. The van der Waals surface area contributed by atoms with Crippen LogP contribution in [0.1, 0.15) is 16.8 Å². The standard InChI is InChI=1S/C12H15ClN2O4/c13-6-9-19-8-3-7-14-12(16)10-4-1-2-5-11(10)15(17)18/h1-2,4-5H,3,6-9H2,(H,14,16). The average Bonchev–Trinajstić information content (AvgIpc) is 2.42. The maximum atomic E-state index is 11.8. The second-order valence-corrected chi connectivity index (χ2v) is 4.06. The van der Waals surface area contributed by atoms with Crippen molar-refractivity contribution < 1.29 is 14.5 Å². The summed E-state index contributed by atoms with van der Waals surface area (Å²) in [5.41, 5.74) is -0.132. The summed E-state index contributed by atoms with van der Waals surface area (Å²) in [4.78, 5) is 22.0. The van der Waals surface area contributed by atoms with E-state index in [4.69, 9.17) is 16.3 Å². The monoisotopic (exact) mass is 286 g/mol. The number of para-hydroxylation sites is 1. The fourth-order valence-corrected chi connectivity index (χ4v) is 1.56. The van der Waals surface area contributed by atoms with Crippen molar-refractivity contribution in [3.63, 3.8) is 0 Å². The van der Waals surface area contributed by atoms with Gasteiger partial charge in [0.2, 0.25) is 0 Å². The van der Waals surface area contributed by atoms with Crippen molar-refractivity contribution in [2.24, 2.45) is 0 Å². The molecule has 0 aliphatic rings. The Morgan fingerprint density at radius 2 is 2.11 bits per heavy atom.